The van der Waals surface area contributed by atoms with E-state index in [4.69, 9.17) is 4.42 Å². The minimum Gasteiger partial charge on any atom is -0.411 e. The Bertz CT molecular complexity index is 859. The summed E-state index contributed by atoms with van der Waals surface area (Å²) >= 11 is 1.28. The maximum atomic E-state index is 12.6. The highest BCUT2D eigenvalue weighted by Gasteiger charge is 2.20. The molecule has 1 aromatic heterocycles. The van der Waals surface area contributed by atoms with Gasteiger partial charge in [0.2, 0.25) is 5.89 Å². The van der Waals surface area contributed by atoms with E-state index in [1.165, 1.54) is 17.3 Å². The summed E-state index contributed by atoms with van der Waals surface area (Å²) in [5.74, 6) is 0.520. The SMILES string of the molecule is Cc1ccc(C(=O)C(C)Sc2nnc(-c3ccccc3)o2)cc1C. The van der Waals surface area contributed by atoms with Crippen LogP contribution >= 0.6 is 11.8 Å². The van der Waals surface area contributed by atoms with E-state index >= 15 is 0 Å². The van der Waals surface area contributed by atoms with Gasteiger partial charge in [-0.05, 0) is 50.1 Å². The highest BCUT2D eigenvalue weighted by Crippen LogP contribution is 2.28. The molecule has 0 aliphatic heterocycles. The summed E-state index contributed by atoms with van der Waals surface area (Å²) in [4.78, 5) is 12.6. The largest absolute Gasteiger partial charge is 0.411 e. The smallest absolute Gasteiger partial charge is 0.277 e. The van der Waals surface area contributed by atoms with Crippen LogP contribution in [-0.2, 0) is 0 Å². The van der Waals surface area contributed by atoms with Crippen molar-refractivity contribution in [3.05, 3.63) is 65.2 Å². The number of aromatic nitrogens is 2. The van der Waals surface area contributed by atoms with Crippen molar-refractivity contribution >= 4 is 17.5 Å². The number of carbonyl (C=O) groups is 1. The third-order valence-electron chi connectivity index (χ3n) is 3.87. The Morgan fingerprint density at radius 2 is 1.79 bits per heavy atom. The first-order chi connectivity index (χ1) is 11.5. The molecule has 0 saturated carbocycles. The molecule has 0 spiro atoms. The van der Waals surface area contributed by atoms with Crippen molar-refractivity contribution in [1.82, 2.24) is 10.2 Å². The van der Waals surface area contributed by atoms with Gasteiger partial charge in [0.1, 0.15) is 0 Å². The number of carbonyl (C=O) groups excluding carboxylic acids is 1. The standard InChI is InChI=1S/C19H18N2O2S/c1-12-9-10-16(11-13(12)2)17(22)14(3)24-19-21-20-18(23-19)15-7-5-4-6-8-15/h4-11,14H,1-3H3. The summed E-state index contributed by atoms with van der Waals surface area (Å²) in [6, 6.07) is 15.3. The highest BCUT2D eigenvalue weighted by atomic mass is 32.2. The van der Waals surface area contributed by atoms with Crippen LogP contribution in [-0.4, -0.2) is 21.2 Å². The quantitative estimate of drug-likeness (QED) is 0.498. The Hall–Kier alpha value is -2.40. The van der Waals surface area contributed by atoms with Crippen molar-refractivity contribution < 1.29 is 9.21 Å². The van der Waals surface area contributed by atoms with Crippen LogP contribution in [0, 0.1) is 13.8 Å². The molecule has 5 heteroatoms. The number of Topliss-reactive ketones (excluding diaryl/α,β-unsaturated/α-hetero) is 1. The van der Waals surface area contributed by atoms with E-state index in [1.807, 2.05) is 69.3 Å². The number of thioether (sulfide) groups is 1. The molecule has 0 saturated heterocycles. The molecule has 122 valence electrons. The molecule has 0 aliphatic carbocycles. The summed E-state index contributed by atoms with van der Waals surface area (Å²) in [7, 11) is 0. The Balaban J connectivity index is 1.72. The van der Waals surface area contributed by atoms with Crippen LogP contribution in [0.1, 0.15) is 28.4 Å². The second-order valence-corrected chi connectivity index (χ2v) is 6.95. The molecule has 0 N–H and O–H groups in total. The maximum absolute atomic E-state index is 12.6. The summed E-state index contributed by atoms with van der Waals surface area (Å²) in [6.45, 7) is 5.90. The van der Waals surface area contributed by atoms with Gasteiger partial charge in [-0.3, -0.25) is 4.79 Å². The zero-order valence-electron chi connectivity index (χ0n) is 13.8. The van der Waals surface area contributed by atoms with E-state index in [2.05, 4.69) is 10.2 Å². The van der Waals surface area contributed by atoms with Gasteiger partial charge in [0.05, 0.1) is 5.25 Å². The first-order valence-electron chi connectivity index (χ1n) is 7.71. The van der Waals surface area contributed by atoms with Crippen molar-refractivity contribution in [2.24, 2.45) is 0 Å². The molecule has 4 nitrogen and oxygen atoms in total. The van der Waals surface area contributed by atoms with Gasteiger partial charge in [0.25, 0.3) is 5.22 Å². The lowest BCUT2D eigenvalue weighted by Gasteiger charge is -2.09. The summed E-state index contributed by atoms with van der Waals surface area (Å²) in [6.07, 6.45) is 0. The van der Waals surface area contributed by atoms with Crippen molar-refractivity contribution in [2.75, 3.05) is 0 Å². The number of benzene rings is 2. The third kappa shape index (κ3) is 3.57. The fourth-order valence-corrected chi connectivity index (χ4v) is 3.05. The van der Waals surface area contributed by atoms with Gasteiger partial charge in [-0.1, -0.05) is 42.1 Å². The zero-order valence-corrected chi connectivity index (χ0v) is 14.6. The lowest BCUT2D eigenvalue weighted by atomic mass is 10.0. The average Bonchev–Trinajstić information content (AvgIpc) is 3.06. The van der Waals surface area contributed by atoms with Gasteiger partial charge >= 0.3 is 0 Å². The van der Waals surface area contributed by atoms with E-state index in [-0.39, 0.29) is 11.0 Å². The second-order valence-electron chi connectivity index (χ2n) is 5.66. The topological polar surface area (TPSA) is 56.0 Å². The van der Waals surface area contributed by atoms with E-state index in [0.29, 0.717) is 16.7 Å². The molecule has 3 rings (SSSR count). The van der Waals surface area contributed by atoms with Gasteiger partial charge in [-0.25, -0.2) is 0 Å². The van der Waals surface area contributed by atoms with Crippen LogP contribution in [0.15, 0.2) is 58.2 Å². The second kappa shape index (κ2) is 7.01. The molecule has 0 bridgehead atoms. The molecule has 1 unspecified atom stereocenters. The van der Waals surface area contributed by atoms with Crippen LogP contribution in [0.2, 0.25) is 0 Å². The van der Waals surface area contributed by atoms with E-state index < -0.39 is 0 Å². The first kappa shape index (κ1) is 16.5. The van der Waals surface area contributed by atoms with Gasteiger partial charge in [0, 0.05) is 11.1 Å². The molecule has 0 radical (unpaired) electrons. The Labute approximate surface area is 145 Å². The normalized spacial score (nSPS) is 12.1. The molecule has 2 aromatic carbocycles. The predicted octanol–water partition coefficient (Wildman–Crippen LogP) is 4.72. The van der Waals surface area contributed by atoms with E-state index in [0.717, 1.165) is 11.1 Å². The molecule has 0 aliphatic rings. The molecule has 24 heavy (non-hydrogen) atoms. The van der Waals surface area contributed by atoms with Crippen LogP contribution < -0.4 is 0 Å². The van der Waals surface area contributed by atoms with Crippen LogP contribution in [0.25, 0.3) is 11.5 Å². The number of rotatable bonds is 5. The third-order valence-corrected chi connectivity index (χ3v) is 4.80. The van der Waals surface area contributed by atoms with Crippen LogP contribution in [0.3, 0.4) is 0 Å². The van der Waals surface area contributed by atoms with E-state index in [9.17, 15) is 4.79 Å². The minimum absolute atomic E-state index is 0.0579. The molecule has 1 heterocycles. The minimum atomic E-state index is -0.295. The Morgan fingerprint density at radius 1 is 1.04 bits per heavy atom. The Morgan fingerprint density at radius 3 is 2.50 bits per heavy atom. The number of ketones is 1. The molecule has 0 amide bonds. The van der Waals surface area contributed by atoms with Crippen molar-refractivity contribution in [3.8, 4) is 11.5 Å². The molecular weight excluding hydrogens is 320 g/mol. The summed E-state index contributed by atoms with van der Waals surface area (Å²) < 4.78 is 5.66. The van der Waals surface area contributed by atoms with E-state index in [1.54, 1.807) is 0 Å². The van der Waals surface area contributed by atoms with Gasteiger partial charge in [-0.2, -0.15) is 0 Å². The fraction of sp³-hybridized carbons (Fsp3) is 0.211. The van der Waals surface area contributed by atoms with Crippen molar-refractivity contribution in [1.29, 1.82) is 0 Å². The number of hydrogen-bond acceptors (Lipinski definition) is 5. The van der Waals surface area contributed by atoms with Gasteiger partial charge < -0.3 is 4.42 Å². The van der Waals surface area contributed by atoms with Crippen LogP contribution in [0.4, 0.5) is 0 Å². The van der Waals surface area contributed by atoms with Crippen molar-refractivity contribution in [2.45, 2.75) is 31.2 Å². The average molecular weight is 338 g/mol. The number of aryl methyl sites for hydroxylation is 2. The number of nitrogens with zero attached hydrogens (tertiary/aromatic N) is 2. The summed E-state index contributed by atoms with van der Waals surface area (Å²) in [5.41, 5.74) is 3.87. The van der Waals surface area contributed by atoms with Gasteiger partial charge in [-0.15, -0.1) is 10.2 Å². The summed E-state index contributed by atoms with van der Waals surface area (Å²) in [5, 5.41) is 8.19. The Kier molecular flexibility index (Phi) is 4.81. The molecule has 1 atom stereocenters. The fourth-order valence-electron chi connectivity index (χ4n) is 2.29. The van der Waals surface area contributed by atoms with Crippen LogP contribution in [0.5, 0.6) is 0 Å². The van der Waals surface area contributed by atoms with Gasteiger partial charge in [0.15, 0.2) is 5.78 Å². The van der Waals surface area contributed by atoms with Crippen molar-refractivity contribution in [3.63, 3.8) is 0 Å². The number of hydrogen-bond donors (Lipinski definition) is 0. The molecule has 0 fully saturated rings. The zero-order chi connectivity index (χ0) is 17.1. The monoisotopic (exact) mass is 338 g/mol. The maximum Gasteiger partial charge on any atom is 0.277 e. The highest BCUT2D eigenvalue weighted by molar-refractivity contribution is 8.00. The predicted molar refractivity (Wildman–Crippen MR) is 95.3 cm³/mol. The first-order valence-corrected chi connectivity index (χ1v) is 8.59. The lowest BCUT2D eigenvalue weighted by molar-refractivity contribution is 0.0993. The molecule has 3 aromatic rings. The molecular formula is C19H18N2O2S. The lowest BCUT2D eigenvalue weighted by Crippen LogP contribution is -2.13.